The number of aromatic nitrogens is 3. The van der Waals surface area contributed by atoms with E-state index in [-0.39, 0.29) is 11.9 Å². The van der Waals surface area contributed by atoms with Crippen LogP contribution in [0.15, 0.2) is 24.5 Å². The normalized spacial score (nSPS) is 18.5. The molecule has 5 rings (SSSR count). The fraction of sp³-hybridized carbons (Fsp3) is 0.429. The smallest absolute Gasteiger partial charge is 0.243 e. The number of para-hydroxylation sites is 1. The number of hydrogen-bond donors (Lipinski definition) is 3. The van der Waals surface area contributed by atoms with Crippen molar-refractivity contribution in [1.29, 1.82) is 0 Å². The van der Waals surface area contributed by atoms with Gasteiger partial charge >= 0.3 is 0 Å². The van der Waals surface area contributed by atoms with Gasteiger partial charge in [-0.3, -0.25) is 4.79 Å². The summed E-state index contributed by atoms with van der Waals surface area (Å²) >= 11 is 0. The predicted octanol–water partition coefficient (Wildman–Crippen LogP) is 2.16. The molecule has 0 radical (unpaired) electrons. The van der Waals surface area contributed by atoms with E-state index < -0.39 is 0 Å². The van der Waals surface area contributed by atoms with Gasteiger partial charge in [-0.05, 0) is 37.3 Å². The van der Waals surface area contributed by atoms with Gasteiger partial charge in [0.1, 0.15) is 6.04 Å². The van der Waals surface area contributed by atoms with Crippen molar-refractivity contribution in [2.75, 3.05) is 13.1 Å². The number of nitrogens with one attached hydrogen (secondary N) is 3. The van der Waals surface area contributed by atoms with Gasteiger partial charge in [-0.2, -0.15) is 0 Å². The van der Waals surface area contributed by atoms with E-state index in [1.165, 1.54) is 34.1 Å². The molecule has 1 atom stereocenters. The first kappa shape index (κ1) is 16.6. The Morgan fingerprint density at radius 2 is 2.30 bits per heavy atom. The van der Waals surface area contributed by atoms with Gasteiger partial charge < -0.3 is 20.2 Å². The number of hydrogen-bond acceptors (Lipinski definition) is 3. The topological polar surface area (TPSA) is 74.7 Å². The average molecular weight is 363 g/mol. The number of aryl methyl sites for hydroxylation is 2. The largest absolute Gasteiger partial charge is 0.354 e. The van der Waals surface area contributed by atoms with E-state index in [1.54, 1.807) is 6.33 Å². The zero-order valence-electron chi connectivity index (χ0n) is 15.6. The number of rotatable bonds is 4. The quantitative estimate of drug-likeness (QED) is 0.665. The van der Waals surface area contributed by atoms with Crippen LogP contribution >= 0.6 is 0 Å². The summed E-state index contributed by atoms with van der Waals surface area (Å²) in [6.45, 7) is 4.74. The van der Waals surface area contributed by atoms with Gasteiger partial charge in [0, 0.05) is 42.8 Å². The van der Waals surface area contributed by atoms with Crippen LogP contribution < -0.4 is 10.6 Å². The van der Waals surface area contributed by atoms with Crippen molar-refractivity contribution in [2.24, 2.45) is 0 Å². The Balaban J connectivity index is 1.33. The van der Waals surface area contributed by atoms with E-state index in [1.807, 2.05) is 0 Å². The maximum Gasteiger partial charge on any atom is 0.243 e. The van der Waals surface area contributed by atoms with Crippen molar-refractivity contribution < 1.29 is 4.79 Å². The number of aromatic amines is 1. The van der Waals surface area contributed by atoms with Gasteiger partial charge in [0.25, 0.3) is 0 Å². The van der Waals surface area contributed by atoms with Crippen LogP contribution in [0.5, 0.6) is 0 Å². The van der Waals surface area contributed by atoms with Crippen molar-refractivity contribution in [3.05, 3.63) is 52.7 Å². The number of nitrogens with zero attached hydrogens (tertiary/aromatic N) is 2. The van der Waals surface area contributed by atoms with Crippen LogP contribution in [0, 0.1) is 6.92 Å². The lowest BCUT2D eigenvalue weighted by molar-refractivity contribution is -0.123. The fourth-order valence-electron chi connectivity index (χ4n) is 4.75. The minimum Gasteiger partial charge on any atom is -0.354 e. The third kappa shape index (κ3) is 2.67. The van der Waals surface area contributed by atoms with Gasteiger partial charge in [-0.25, -0.2) is 4.98 Å². The number of fused-ring (bicyclic) bond motifs is 1. The van der Waals surface area contributed by atoms with E-state index in [4.69, 9.17) is 0 Å². The Morgan fingerprint density at radius 1 is 1.37 bits per heavy atom. The van der Waals surface area contributed by atoms with Gasteiger partial charge in [0.2, 0.25) is 5.91 Å². The minimum atomic E-state index is -0.351. The molecule has 1 amide bonds. The highest BCUT2D eigenvalue weighted by Gasteiger charge is 2.28. The second-order valence-corrected chi connectivity index (χ2v) is 7.58. The molecule has 0 spiro atoms. The van der Waals surface area contributed by atoms with Crippen molar-refractivity contribution >= 4 is 16.8 Å². The molecule has 0 bridgehead atoms. The number of imidazole rings is 1. The number of carbonyl (C=O) groups excluding carboxylic acids is 1. The Morgan fingerprint density at radius 3 is 3.22 bits per heavy atom. The monoisotopic (exact) mass is 363 g/mol. The molecule has 0 aliphatic carbocycles. The molecule has 4 heterocycles. The third-order valence-electron chi connectivity index (χ3n) is 6.07. The lowest BCUT2D eigenvalue weighted by Crippen LogP contribution is -2.42. The number of benzene rings is 1. The van der Waals surface area contributed by atoms with Crippen molar-refractivity contribution in [3.8, 4) is 0 Å². The zero-order chi connectivity index (χ0) is 18.4. The third-order valence-corrected chi connectivity index (χ3v) is 6.07. The Labute approximate surface area is 158 Å². The van der Waals surface area contributed by atoms with E-state index in [0.29, 0.717) is 6.54 Å². The van der Waals surface area contributed by atoms with Gasteiger partial charge in [-0.15, -0.1) is 0 Å². The number of amides is 1. The standard InChI is InChI=1S/C21H25N5O/c1-13-15(16-6-2-4-14-5-3-11-26(13)20(14)16)7-9-23-21(27)19-18-17(8-10-22-19)24-12-25-18/h2,4,6,12,19,22H,3,5,7-11H2,1H3,(H,23,27)(H,24,25)/t19-/m1/s1. The highest BCUT2D eigenvalue weighted by Crippen LogP contribution is 2.32. The SMILES string of the molecule is Cc1c(CCNC(=O)[C@@H]2NCCc3[nH]cnc32)c2cccc3c2n1CCC3. The summed E-state index contributed by atoms with van der Waals surface area (Å²) in [5.74, 6) is 0.00875. The molecule has 6 nitrogen and oxygen atoms in total. The van der Waals surface area contributed by atoms with E-state index in [2.05, 4.69) is 50.3 Å². The summed E-state index contributed by atoms with van der Waals surface area (Å²) in [7, 11) is 0. The number of H-pyrrole nitrogens is 1. The van der Waals surface area contributed by atoms with Crippen LogP contribution in [0.3, 0.4) is 0 Å². The van der Waals surface area contributed by atoms with Crippen molar-refractivity contribution in [2.45, 2.75) is 45.2 Å². The molecule has 3 aromatic rings. The summed E-state index contributed by atoms with van der Waals surface area (Å²) < 4.78 is 2.46. The van der Waals surface area contributed by atoms with Crippen LogP contribution in [0.1, 0.15) is 40.7 Å². The molecule has 1 aromatic carbocycles. The zero-order valence-corrected chi connectivity index (χ0v) is 15.6. The molecule has 0 saturated carbocycles. The predicted molar refractivity (Wildman–Crippen MR) is 105 cm³/mol. The Kier molecular flexibility index (Phi) is 4.01. The summed E-state index contributed by atoms with van der Waals surface area (Å²) in [6, 6.07) is 6.29. The summed E-state index contributed by atoms with van der Waals surface area (Å²) in [6.07, 6.45) is 5.79. The van der Waals surface area contributed by atoms with Crippen LogP contribution in [0.25, 0.3) is 10.9 Å². The first-order valence-corrected chi connectivity index (χ1v) is 9.87. The van der Waals surface area contributed by atoms with Crippen LogP contribution in [-0.4, -0.2) is 33.5 Å². The maximum atomic E-state index is 12.7. The summed E-state index contributed by atoms with van der Waals surface area (Å²) in [5.41, 5.74) is 7.47. The van der Waals surface area contributed by atoms with Crippen LogP contribution in [-0.2, 0) is 30.6 Å². The first-order chi connectivity index (χ1) is 13.2. The molecule has 2 aliphatic heterocycles. The van der Waals surface area contributed by atoms with Crippen molar-refractivity contribution in [3.63, 3.8) is 0 Å². The van der Waals surface area contributed by atoms with E-state index >= 15 is 0 Å². The average Bonchev–Trinajstić information content (AvgIpc) is 3.28. The van der Waals surface area contributed by atoms with E-state index in [0.717, 1.165) is 43.7 Å². The molecule has 0 saturated heterocycles. The highest BCUT2D eigenvalue weighted by atomic mass is 16.2. The van der Waals surface area contributed by atoms with Gasteiger partial charge in [0.15, 0.2) is 0 Å². The Hall–Kier alpha value is -2.60. The molecular formula is C21H25N5O. The summed E-state index contributed by atoms with van der Waals surface area (Å²) in [4.78, 5) is 20.2. The molecule has 140 valence electrons. The van der Waals surface area contributed by atoms with Crippen molar-refractivity contribution in [1.82, 2.24) is 25.2 Å². The van der Waals surface area contributed by atoms with E-state index in [9.17, 15) is 4.79 Å². The molecule has 3 N–H and O–H groups in total. The van der Waals surface area contributed by atoms with Crippen LogP contribution in [0.4, 0.5) is 0 Å². The second kappa shape index (κ2) is 6.53. The van der Waals surface area contributed by atoms with Gasteiger partial charge in [0.05, 0.1) is 17.5 Å². The first-order valence-electron chi connectivity index (χ1n) is 9.87. The molecule has 6 heteroatoms. The molecule has 2 aromatic heterocycles. The lowest BCUT2D eigenvalue weighted by atomic mass is 10.0. The van der Waals surface area contributed by atoms with Crippen LogP contribution in [0.2, 0.25) is 0 Å². The molecule has 27 heavy (non-hydrogen) atoms. The minimum absolute atomic E-state index is 0.00875. The molecule has 0 unspecified atom stereocenters. The summed E-state index contributed by atoms with van der Waals surface area (Å²) in [5, 5.41) is 7.75. The second-order valence-electron chi connectivity index (χ2n) is 7.58. The molecule has 0 fully saturated rings. The fourth-order valence-corrected chi connectivity index (χ4v) is 4.75. The Bertz CT molecular complexity index is 1020. The lowest BCUT2D eigenvalue weighted by Gasteiger charge is -2.22. The van der Waals surface area contributed by atoms with Gasteiger partial charge in [-0.1, -0.05) is 18.2 Å². The highest BCUT2D eigenvalue weighted by molar-refractivity contribution is 5.89. The maximum absolute atomic E-state index is 12.7. The number of carbonyl (C=O) groups is 1. The molecular weight excluding hydrogens is 338 g/mol. The molecule has 2 aliphatic rings.